The normalized spacial score (nSPS) is 10.4. The zero-order valence-corrected chi connectivity index (χ0v) is 24.4. The molecule has 0 aromatic heterocycles. The van der Waals surface area contributed by atoms with E-state index in [2.05, 4.69) is 131 Å². The van der Waals surface area contributed by atoms with Crippen molar-refractivity contribution < 1.29 is 4.74 Å². The van der Waals surface area contributed by atoms with Crippen molar-refractivity contribution in [3.8, 4) is 5.75 Å². The van der Waals surface area contributed by atoms with Gasteiger partial charge < -0.3 is 4.74 Å². The van der Waals surface area contributed by atoms with Crippen molar-refractivity contribution in [2.75, 3.05) is 7.11 Å². The summed E-state index contributed by atoms with van der Waals surface area (Å²) in [7, 11) is -0.127. The Kier molecular flexibility index (Phi) is 10.9. The van der Waals surface area contributed by atoms with Gasteiger partial charge in [-0.1, -0.05) is 101 Å². The average molecular weight is 621 g/mol. The molecule has 0 fully saturated rings. The Morgan fingerprint density at radius 1 is 0.528 bits per heavy atom. The summed E-state index contributed by atoms with van der Waals surface area (Å²) in [5, 5.41) is 4.22. The molecule has 182 valence electrons. The van der Waals surface area contributed by atoms with Gasteiger partial charge in [0.15, 0.2) is 0 Å². The van der Waals surface area contributed by atoms with Gasteiger partial charge in [-0.15, -0.1) is 17.0 Å². The first-order chi connectivity index (χ1) is 17.2. The number of ether oxygens (including phenoxy) is 1. The molecule has 0 aliphatic heterocycles. The number of halogens is 2. The third-order valence-electron chi connectivity index (χ3n) is 5.90. The molecular formula is C32H30Br2OP+. The van der Waals surface area contributed by atoms with E-state index < -0.39 is 7.26 Å². The molecule has 1 nitrogen and oxygen atoms in total. The molecule has 0 spiro atoms. The molecule has 5 rings (SSSR count). The smallest absolute Gasteiger partial charge is 0.118 e. The van der Waals surface area contributed by atoms with Crippen LogP contribution < -0.4 is 20.7 Å². The zero-order chi connectivity index (χ0) is 24.3. The van der Waals surface area contributed by atoms with Gasteiger partial charge in [-0.2, -0.15) is 0 Å². The molecule has 0 saturated heterocycles. The predicted octanol–water partition coefficient (Wildman–Crippen LogP) is 8.22. The minimum absolute atomic E-state index is 0. The lowest BCUT2D eigenvalue weighted by Crippen LogP contribution is -2.32. The van der Waals surface area contributed by atoms with Crippen LogP contribution in [0.15, 0.2) is 150 Å². The molecule has 5 aromatic rings. The highest BCUT2D eigenvalue weighted by Crippen LogP contribution is 2.58. The fourth-order valence-corrected chi connectivity index (χ4v) is 8.74. The van der Waals surface area contributed by atoms with Gasteiger partial charge in [0.2, 0.25) is 0 Å². The van der Waals surface area contributed by atoms with E-state index in [0.717, 1.165) is 16.4 Å². The van der Waals surface area contributed by atoms with E-state index in [-0.39, 0.29) is 17.0 Å². The Hall–Kier alpha value is -2.71. The van der Waals surface area contributed by atoms with Crippen LogP contribution in [0.3, 0.4) is 0 Å². The lowest BCUT2D eigenvalue weighted by atomic mass is 10.2. The van der Waals surface area contributed by atoms with Crippen molar-refractivity contribution in [2.24, 2.45) is 0 Å². The van der Waals surface area contributed by atoms with Gasteiger partial charge in [0.05, 0.1) is 13.3 Å². The van der Waals surface area contributed by atoms with Crippen molar-refractivity contribution in [1.82, 2.24) is 0 Å². The first-order valence-electron chi connectivity index (χ1n) is 11.6. The Labute approximate surface area is 234 Å². The van der Waals surface area contributed by atoms with Crippen molar-refractivity contribution in [2.45, 2.75) is 6.16 Å². The standard InChI is InChI=1S/C26H24OP.C6H5Br.BrH/c1-27-23-19-17-22(18-20-23)21-28(24-11-5-2-6-12-24,25-13-7-3-8-14-25)26-15-9-4-10-16-26;7-6-4-2-1-3-5-6;/h2-20H,21H2,1H3;1-5H;1H/q+1;;. The van der Waals surface area contributed by atoms with E-state index in [1.54, 1.807) is 7.11 Å². The molecule has 0 bridgehead atoms. The Balaban J connectivity index is 0.000000391. The van der Waals surface area contributed by atoms with Crippen LogP contribution in [0.25, 0.3) is 0 Å². The van der Waals surface area contributed by atoms with E-state index in [0.29, 0.717) is 0 Å². The lowest BCUT2D eigenvalue weighted by molar-refractivity contribution is 0.414. The molecule has 0 atom stereocenters. The summed E-state index contributed by atoms with van der Waals surface area (Å²) in [5.41, 5.74) is 1.32. The van der Waals surface area contributed by atoms with Gasteiger partial charge in [-0.3, -0.25) is 0 Å². The van der Waals surface area contributed by atoms with E-state index in [4.69, 9.17) is 4.74 Å². The van der Waals surface area contributed by atoms with E-state index >= 15 is 0 Å². The highest BCUT2D eigenvalue weighted by molar-refractivity contribution is 9.10. The molecule has 5 aromatic carbocycles. The molecular weight excluding hydrogens is 591 g/mol. The molecule has 0 heterocycles. The van der Waals surface area contributed by atoms with Crippen LogP contribution in [0.2, 0.25) is 0 Å². The maximum Gasteiger partial charge on any atom is 0.118 e. The van der Waals surface area contributed by atoms with E-state index in [9.17, 15) is 0 Å². The Bertz CT molecular complexity index is 1180. The number of benzene rings is 5. The van der Waals surface area contributed by atoms with Gasteiger partial charge in [-0.05, 0) is 66.2 Å². The highest BCUT2D eigenvalue weighted by atomic mass is 79.9. The van der Waals surface area contributed by atoms with Crippen molar-refractivity contribution in [3.63, 3.8) is 0 Å². The summed E-state index contributed by atoms with van der Waals surface area (Å²) in [4.78, 5) is 0. The van der Waals surface area contributed by atoms with Gasteiger partial charge in [0.25, 0.3) is 0 Å². The number of rotatable bonds is 6. The Morgan fingerprint density at radius 3 is 1.19 bits per heavy atom. The molecule has 0 aliphatic carbocycles. The first-order valence-corrected chi connectivity index (χ1v) is 14.4. The maximum absolute atomic E-state index is 5.36. The molecule has 4 heteroatoms. The van der Waals surface area contributed by atoms with Gasteiger partial charge >= 0.3 is 0 Å². The van der Waals surface area contributed by atoms with Gasteiger partial charge in [-0.25, -0.2) is 0 Å². The number of hydrogen-bond donors (Lipinski definition) is 0. The van der Waals surface area contributed by atoms with Crippen LogP contribution in [0.4, 0.5) is 0 Å². The van der Waals surface area contributed by atoms with E-state index in [1.807, 2.05) is 30.3 Å². The zero-order valence-electron chi connectivity index (χ0n) is 20.2. The van der Waals surface area contributed by atoms with Crippen molar-refractivity contribution >= 4 is 56.1 Å². The fraction of sp³-hybridized carbons (Fsp3) is 0.0625. The van der Waals surface area contributed by atoms with Crippen molar-refractivity contribution in [1.29, 1.82) is 0 Å². The van der Waals surface area contributed by atoms with Gasteiger partial charge in [0, 0.05) is 4.47 Å². The van der Waals surface area contributed by atoms with E-state index in [1.165, 1.54) is 21.5 Å². The SMILES string of the molecule is Br.Brc1ccccc1.COc1ccc(C[P+](c2ccccc2)(c2ccccc2)c2ccccc2)cc1. The largest absolute Gasteiger partial charge is 0.497 e. The number of methoxy groups -OCH3 is 1. The summed E-state index contributed by atoms with van der Waals surface area (Å²) in [6.07, 6.45) is 0.981. The summed E-state index contributed by atoms with van der Waals surface area (Å²) in [5.74, 6) is 0.895. The van der Waals surface area contributed by atoms with Crippen LogP contribution in [0, 0.1) is 0 Å². The minimum atomic E-state index is -1.84. The van der Waals surface area contributed by atoms with Crippen LogP contribution >= 0.6 is 40.2 Å². The summed E-state index contributed by atoms with van der Waals surface area (Å²) >= 11 is 3.31. The minimum Gasteiger partial charge on any atom is -0.497 e. The molecule has 0 unspecified atom stereocenters. The molecule has 0 saturated carbocycles. The number of hydrogen-bond acceptors (Lipinski definition) is 1. The topological polar surface area (TPSA) is 9.23 Å². The van der Waals surface area contributed by atoms with Crippen LogP contribution in [-0.2, 0) is 6.16 Å². The molecule has 0 amide bonds. The molecule has 0 N–H and O–H groups in total. The molecule has 0 aliphatic rings. The van der Waals surface area contributed by atoms with Crippen LogP contribution in [0.5, 0.6) is 5.75 Å². The first kappa shape index (κ1) is 27.9. The highest BCUT2D eigenvalue weighted by Gasteiger charge is 2.45. The maximum atomic E-state index is 5.36. The van der Waals surface area contributed by atoms with Crippen molar-refractivity contribution in [3.05, 3.63) is 156 Å². The van der Waals surface area contributed by atoms with Gasteiger partial charge in [0.1, 0.15) is 28.9 Å². The third kappa shape index (κ3) is 6.95. The quantitative estimate of drug-likeness (QED) is 0.174. The molecule has 36 heavy (non-hydrogen) atoms. The van der Waals surface area contributed by atoms with Crippen LogP contribution in [-0.4, -0.2) is 7.11 Å². The Morgan fingerprint density at radius 2 is 0.889 bits per heavy atom. The summed E-state index contributed by atoms with van der Waals surface area (Å²) in [6, 6.07) is 51.5. The lowest BCUT2D eigenvalue weighted by Gasteiger charge is -2.27. The summed E-state index contributed by atoms with van der Waals surface area (Å²) in [6.45, 7) is 0. The fourth-order valence-electron chi connectivity index (χ4n) is 4.19. The monoisotopic (exact) mass is 619 g/mol. The molecule has 0 radical (unpaired) electrons. The summed E-state index contributed by atoms with van der Waals surface area (Å²) < 4.78 is 6.50. The second-order valence-corrected chi connectivity index (χ2v) is 12.5. The predicted molar refractivity (Wildman–Crippen MR) is 166 cm³/mol. The van der Waals surface area contributed by atoms with Crippen LogP contribution in [0.1, 0.15) is 5.56 Å². The second kappa shape index (κ2) is 14.1. The average Bonchev–Trinajstić information content (AvgIpc) is 2.94. The second-order valence-electron chi connectivity index (χ2n) is 8.12. The third-order valence-corrected chi connectivity index (χ3v) is 10.8.